The van der Waals surface area contributed by atoms with Gasteiger partial charge in [0, 0.05) is 47.5 Å². The Morgan fingerprint density at radius 1 is 0.541 bits per heavy atom. The normalized spacial score (nSPS) is 26.2. The third-order valence-corrected chi connectivity index (χ3v) is 29.4. The van der Waals surface area contributed by atoms with E-state index in [1.165, 1.54) is 24.4 Å². The van der Waals surface area contributed by atoms with Crippen LogP contribution in [0.5, 0.6) is 0 Å². The van der Waals surface area contributed by atoms with Crippen LogP contribution in [0.2, 0.25) is 36.3 Å². The molecule has 20 heteroatoms. The Morgan fingerprint density at radius 3 is 1.26 bits per heavy atom. The number of hydrogen-bond acceptors (Lipinski definition) is 10. The van der Waals surface area contributed by atoms with Gasteiger partial charge in [-0.05, 0) is 186 Å². The predicted octanol–water partition coefficient (Wildman–Crippen LogP) is 16.4. The van der Waals surface area contributed by atoms with Crippen molar-refractivity contribution < 1.29 is 41.0 Å². The molecule has 3 saturated carbocycles. The Hall–Kier alpha value is -5.00. The number of aliphatic hydroxyl groups is 2. The van der Waals surface area contributed by atoms with Crippen LogP contribution >= 0.6 is 0 Å². The van der Waals surface area contributed by atoms with E-state index in [9.17, 15) is 27.8 Å². The van der Waals surface area contributed by atoms with E-state index in [1.54, 1.807) is 50.0 Å². The largest absolute Gasteiger partial charge is 0.414 e. The molecule has 3 fully saturated rings. The number of rotatable bonds is 13. The average Bonchev–Trinajstić information content (AvgIpc) is 2.06. The molecule has 0 radical (unpaired) electrons. The Bertz CT molecular complexity index is 3200. The molecule has 12 rings (SSSR count). The van der Waals surface area contributed by atoms with Crippen LogP contribution < -0.4 is 0 Å². The van der Waals surface area contributed by atoms with E-state index >= 15 is 4.39 Å². The fourth-order valence-electron chi connectivity index (χ4n) is 13.2. The van der Waals surface area contributed by atoms with Gasteiger partial charge in [-0.25, -0.2) is 38.7 Å². The van der Waals surface area contributed by atoms with Gasteiger partial charge in [0.1, 0.15) is 11.3 Å². The van der Waals surface area contributed by atoms with Crippen molar-refractivity contribution in [1.82, 2.24) is 43.6 Å². The minimum atomic E-state index is -1.83. The van der Waals surface area contributed by atoms with Crippen LogP contribution in [0.25, 0.3) is 33.8 Å². The van der Waals surface area contributed by atoms with Crippen LogP contribution in [0, 0.1) is 23.8 Å². The van der Waals surface area contributed by atoms with Crippen molar-refractivity contribution in [3.8, 4) is 33.8 Å². The van der Waals surface area contributed by atoms with Crippen LogP contribution in [0.4, 0.5) is 22.0 Å². The maximum Gasteiger partial charge on any atom is 0.213 e. The fourth-order valence-corrected chi connectivity index (χ4v) is 16.0. The highest BCUT2D eigenvalue weighted by molar-refractivity contribution is 6.74. The molecule has 9 heterocycles. The van der Waals surface area contributed by atoms with Crippen LogP contribution in [0.15, 0.2) is 74.4 Å². The van der Waals surface area contributed by atoms with Crippen LogP contribution in [-0.2, 0) is 8.85 Å². The standard InChI is InChI=1S/C23H33F2N3OSi.C23H34FN3O2Si.C17H19F2N3O.2CH4/c1-22(2,3)30(4,5)29-16-6-9-23(25,10-7-16)11-8-19-17-12-21(24)27-13-18(17)20-14-26-15-28(19)20;1-23(2,3)30(4,5)29-16-8-6-15(7-9-16)21(28)11-19-17-10-22(24)26-12-18(17)20-13-25-14-27(19)20;18-16-7-12-13(8-21-16)15-9-20-10-22(15)14(12)3-6-17(19)4-1-11(23)2-5-17;;/h12-16,19H,6-11H2,1-5H3;10,12-16,19,21,28H,6-9,11H2,1-5H3;7-11,14,23H,1-6H2;2*1H4. The number of halogens is 5. The number of fused-ring (bicyclic) bond motifs is 9. The van der Waals surface area contributed by atoms with Gasteiger partial charge in [0.2, 0.25) is 17.8 Å². The van der Waals surface area contributed by atoms with Crippen molar-refractivity contribution in [2.45, 2.75) is 256 Å². The lowest BCUT2D eigenvalue weighted by Crippen LogP contribution is -2.46. The van der Waals surface area contributed by atoms with Crippen LogP contribution in [0.1, 0.15) is 200 Å². The van der Waals surface area contributed by atoms with Crippen molar-refractivity contribution in [1.29, 1.82) is 0 Å². The number of hydrogen-bond donors (Lipinski definition) is 2. The van der Waals surface area contributed by atoms with Crippen molar-refractivity contribution in [2.24, 2.45) is 5.92 Å². The Morgan fingerprint density at radius 2 is 0.882 bits per heavy atom. The zero-order valence-electron chi connectivity index (χ0n) is 50.2. The number of aliphatic hydroxyl groups excluding tert-OH is 2. The molecule has 2 N–H and O–H groups in total. The smallest absolute Gasteiger partial charge is 0.213 e. The molecule has 3 aliphatic carbocycles. The second-order valence-corrected chi connectivity index (χ2v) is 37.3. The maximum absolute atomic E-state index is 15.7. The van der Waals surface area contributed by atoms with Gasteiger partial charge in [0.05, 0.1) is 85.0 Å². The Kier molecular flexibility index (Phi) is 19.9. The number of aromatic nitrogens is 9. The summed E-state index contributed by atoms with van der Waals surface area (Å²) in [6.07, 6.45) is 26.0. The van der Waals surface area contributed by atoms with E-state index in [1.807, 2.05) is 13.7 Å². The molecule has 0 aromatic carbocycles. The highest BCUT2D eigenvalue weighted by Crippen LogP contribution is 2.49. The summed E-state index contributed by atoms with van der Waals surface area (Å²) in [5.74, 6) is -1.22. The van der Waals surface area contributed by atoms with Gasteiger partial charge in [-0.3, -0.25) is 0 Å². The summed E-state index contributed by atoms with van der Waals surface area (Å²) in [6, 6.07) is 4.17. The van der Waals surface area contributed by atoms with E-state index < -0.39 is 51.9 Å². The Balaban J connectivity index is 0.000000166. The summed E-state index contributed by atoms with van der Waals surface area (Å²) in [6.45, 7) is 22.7. The van der Waals surface area contributed by atoms with Crippen LogP contribution in [-0.4, -0.2) is 106 Å². The fraction of sp³-hybridized carbons (Fsp3) is 0.631. The van der Waals surface area contributed by atoms with Gasteiger partial charge in [0.25, 0.3) is 0 Å². The van der Waals surface area contributed by atoms with Crippen molar-refractivity contribution in [3.05, 3.63) is 109 Å². The Labute approximate surface area is 503 Å². The van der Waals surface area contributed by atoms with Crippen LogP contribution in [0.3, 0.4) is 0 Å². The number of imidazole rings is 3. The molecule has 0 amide bonds. The lowest BCUT2D eigenvalue weighted by molar-refractivity contribution is 0.0253. The van der Waals surface area contributed by atoms with E-state index in [4.69, 9.17) is 8.85 Å². The lowest BCUT2D eigenvalue weighted by atomic mass is 9.80. The summed E-state index contributed by atoms with van der Waals surface area (Å²) < 4.78 is 90.9. The highest BCUT2D eigenvalue weighted by Gasteiger charge is 2.45. The molecule has 6 aromatic heterocycles. The third kappa shape index (κ3) is 14.1. The highest BCUT2D eigenvalue weighted by atomic mass is 28.4. The summed E-state index contributed by atoms with van der Waals surface area (Å²) >= 11 is 0. The zero-order valence-corrected chi connectivity index (χ0v) is 52.2. The summed E-state index contributed by atoms with van der Waals surface area (Å²) in [5, 5.41) is 21.0. The SMILES string of the molecule is C.C.CC(C)(C)[Si](C)(C)OC1CCC(C(O)CC2c3cc(F)ncc3-c3cncn32)CC1.CC(C)(C)[Si](C)(C)OC1CCC(F)(CCC2c3cc(F)ncc3-c3cncn32)CC1.OC1CCC(F)(CCC2c3cc(F)ncc3-c3cncn32)CC1. The molecule has 0 spiro atoms. The summed E-state index contributed by atoms with van der Waals surface area (Å²) in [7, 11) is -3.59. The number of nitrogens with zero attached hydrogens (tertiary/aromatic N) is 9. The molecule has 6 aromatic rings. The molecule has 0 bridgehead atoms. The van der Waals surface area contributed by atoms with Gasteiger partial charge in [-0.1, -0.05) is 56.4 Å². The number of pyridine rings is 3. The first-order chi connectivity index (χ1) is 39.1. The molecule has 4 unspecified atom stereocenters. The van der Waals surface area contributed by atoms with Crippen molar-refractivity contribution >= 4 is 16.6 Å². The monoisotopic (exact) mass is 1220 g/mol. The van der Waals surface area contributed by atoms with E-state index in [0.717, 1.165) is 89.0 Å². The number of alkyl halides is 2. The van der Waals surface area contributed by atoms with Gasteiger partial charge in [0.15, 0.2) is 16.6 Å². The molecular weight excluding hydrogens is 1120 g/mol. The second kappa shape index (κ2) is 25.6. The topological polar surface area (TPSA) is 151 Å². The molecule has 466 valence electrons. The van der Waals surface area contributed by atoms with Crippen molar-refractivity contribution in [2.75, 3.05) is 0 Å². The minimum Gasteiger partial charge on any atom is -0.414 e. The molecule has 3 aliphatic heterocycles. The zero-order chi connectivity index (χ0) is 59.4. The predicted molar refractivity (Wildman–Crippen MR) is 330 cm³/mol. The summed E-state index contributed by atoms with van der Waals surface area (Å²) in [5.41, 5.74) is 5.71. The molecule has 0 saturated heterocycles. The first-order valence-electron chi connectivity index (χ1n) is 30.2. The molecule has 13 nitrogen and oxygen atoms in total. The average molecular weight is 1220 g/mol. The lowest BCUT2D eigenvalue weighted by Gasteiger charge is -2.42. The molecule has 6 aliphatic rings. The summed E-state index contributed by atoms with van der Waals surface area (Å²) in [4.78, 5) is 23.9. The van der Waals surface area contributed by atoms with Crippen molar-refractivity contribution in [3.63, 3.8) is 0 Å². The van der Waals surface area contributed by atoms with E-state index in [-0.39, 0.29) is 61.2 Å². The maximum atomic E-state index is 15.7. The van der Waals surface area contributed by atoms with Gasteiger partial charge in [-0.2, -0.15) is 13.2 Å². The van der Waals surface area contributed by atoms with Gasteiger partial charge in [-0.15, -0.1) is 0 Å². The minimum absolute atomic E-state index is 0. The third-order valence-electron chi connectivity index (χ3n) is 20.3. The first kappa shape index (κ1) is 66.0. The quantitative estimate of drug-likeness (QED) is 0.0650. The molecule has 4 atom stereocenters. The first-order valence-corrected chi connectivity index (χ1v) is 36.1. The van der Waals surface area contributed by atoms with E-state index in [0.29, 0.717) is 76.7 Å². The van der Waals surface area contributed by atoms with Gasteiger partial charge < -0.3 is 32.8 Å². The van der Waals surface area contributed by atoms with E-state index in [2.05, 4.69) is 97.6 Å². The second-order valence-electron chi connectivity index (χ2n) is 27.8. The van der Waals surface area contributed by atoms with Gasteiger partial charge >= 0.3 is 0 Å². The molecular formula is C65H94F5N9O4Si2. The molecule has 85 heavy (non-hydrogen) atoms.